The number of benzene rings is 1. The summed E-state index contributed by atoms with van der Waals surface area (Å²) in [5.41, 5.74) is 1.10. The number of fused-ring (bicyclic) bond motifs is 1. The quantitative estimate of drug-likeness (QED) is 0.610. The molecule has 5 nitrogen and oxygen atoms in total. The van der Waals surface area contributed by atoms with Crippen molar-refractivity contribution in [3.8, 4) is 11.5 Å². The minimum atomic E-state index is -1.92. The summed E-state index contributed by atoms with van der Waals surface area (Å²) >= 11 is 0. The fourth-order valence-corrected chi connectivity index (χ4v) is 3.04. The average Bonchev–Trinajstić information content (AvgIpc) is 2.69. The summed E-state index contributed by atoms with van der Waals surface area (Å²) in [6.45, 7) is 1.55. The number of aliphatic hydroxyl groups is 2. The lowest BCUT2D eigenvalue weighted by Gasteiger charge is -2.38. The van der Waals surface area contributed by atoms with Crippen LogP contribution in [0.15, 0.2) is 18.2 Å². The topological polar surface area (TPSA) is 62.2 Å². The molecule has 7 heteroatoms. The smallest absolute Gasteiger partial charge is 0.224 e. The molecule has 2 heterocycles. The number of rotatable bonds is 4. The van der Waals surface area contributed by atoms with Crippen molar-refractivity contribution < 1.29 is 19.7 Å². The summed E-state index contributed by atoms with van der Waals surface area (Å²) in [4.78, 5) is 1.36. The molecule has 0 aromatic heterocycles. The van der Waals surface area contributed by atoms with Crippen LogP contribution in [0.4, 0.5) is 0 Å². The molecule has 0 saturated carbocycles. The lowest BCUT2D eigenvalue weighted by molar-refractivity contribution is -0.249. The van der Waals surface area contributed by atoms with Gasteiger partial charge in [-0.3, -0.25) is 4.90 Å². The summed E-state index contributed by atoms with van der Waals surface area (Å²) in [6.07, 6.45) is 1.98. The molecule has 0 atom stereocenters. The molecule has 4 radical (unpaired) electrons. The second-order valence-corrected chi connectivity index (χ2v) is 6.00. The molecule has 22 heavy (non-hydrogen) atoms. The normalized spacial score (nSPS) is 22.6. The highest BCUT2D eigenvalue weighted by molar-refractivity contribution is 6.40. The number of ether oxygens (including phenoxy) is 2. The van der Waals surface area contributed by atoms with Crippen molar-refractivity contribution in [3.05, 3.63) is 23.8 Å². The fourth-order valence-electron chi connectivity index (χ4n) is 3.04. The Hall–Kier alpha value is -1.17. The number of nitrogens with zero attached hydrogens (tertiary/aromatic N) is 1. The maximum absolute atomic E-state index is 9.93. The molecular weight excluding hydrogens is 280 g/mol. The van der Waals surface area contributed by atoms with Crippen LogP contribution in [0.5, 0.6) is 11.5 Å². The van der Waals surface area contributed by atoms with Gasteiger partial charge in [-0.15, -0.1) is 0 Å². The first-order valence-electron chi connectivity index (χ1n) is 7.57. The molecule has 2 aliphatic rings. The monoisotopic (exact) mass is 299 g/mol. The predicted octanol–water partition coefficient (Wildman–Crippen LogP) is 0.115. The molecule has 0 aliphatic carbocycles. The van der Waals surface area contributed by atoms with E-state index in [1.165, 1.54) is 4.90 Å². The van der Waals surface area contributed by atoms with Crippen molar-refractivity contribution in [2.75, 3.05) is 19.8 Å². The van der Waals surface area contributed by atoms with E-state index in [9.17, 15) is 10.2 Å². The highest BCUT2D eigenvalue weighted by atomic mass is 16.6. The Morgan fingerprint density at radius 3 is 2.50 bits per heavy atom. The second kappa shape index (κ2) is 5.80. The van der Waals surface area contributed by atoms with Crippen molar-refractivity contribution in [1.29, 1.82) is 0 Å². The van der Waals surface area contributed by atoms with E-state index in [-0.39, 0.29) is 6.42 Å². The van der Waals surface area contributed by atoms with E-state index in [1.54, 1.807) is 0 Å². The van der Waals surface area contributed by atoms with Crippen molar-refractivity contribution in [2.24, 2.45) is 0 Å². The number of aryl methyl sites for hydroxylation is 1. The lowest BCUT2D eigenvalue weighted by atomic mass is 9.60. The molecule has 0 bridgehead atoms. The maximum Gasteiger partial charge on any atom is 0.224 e. The van der Waals surface area contributed by atoms with E-state index in [1.807, 2.05) is 18.2 Å². The van der Waals surface area contributed by atoms with Crippen LogP contribution in [0.3, 0.4) is 0 Å². The molecule has 1 aromatic rings. The largest absolute Gasteiger partial charge is 0.486 e. The van der Waals surface area contributed by atoms with Crippen LogP contribution in [0.2, 0.25) is 0 Å². The molecule has 114 valence electrons. The minimum absolute atomic E-state index is 0.157. The van der Waals surface area contributed by atoms with E-state index >= 15 is 0 Å². The zero-order valence-corrected chi connectivity index (χ0v) is 12.5. The van der Waals surface area contributed by atoms with E-state index in [2.05, 4.69) is 0 Å². The van der Waals surface area contributed by atoms with Gasteiger partial charge in [0.2, 0.25) is 5.91 Å². The Bertz CT molecular complexity index is 534. The van der Waals surface area contributed by atoms with Crippen LogP contribution in [0.25, 0.3) is 0 Å². The number of likely N-dealkylation sites (tertiary alicyclic amines) is 1. The maximum atomic E-state index is 9.93. The minimum Gasteiger partial charge on any atom is -0.486 e. The van der Waals surface area contributed by atoms with Crippen molar-refractivity contribution in [3.63, 3.8) is 0 Å². The molecule has 2 N–H and O–H groups in total. The van der Waals surface area contributed by atoms with E-state index in [4.69, 9.17) is 25.2 Å². The molecule has 1 fully saturated rings. The van der Waals surface area contributed by atoms with Gasteiger partial charge >= 0.3 is 0 Å². The van der Waals surface area contributed by atoms with Gasteiger partial charge in [-0.05, 0) is 42.3 Å². The first kappa shape index (κ1) is 15.7. The third-order valence-corrected chi connectivity index (χ3v) is 4.25. The molecule has 3 rings (SSSR count). The van der Waals surface area contributed by atoms with Crippen LogP contribution in [0.1, 0.15) is 24.8 Å². The van der Waals surface area contributed by atoms with Crippen LogP contribution in [-0.4, -0.2) is 61.8 Å². The van der Waals surface area contributed by atoms with E-state index in [0.717, 1.165) is 23.5 Å². The average molecular weight is 299 g/mol. The highest BCUT2D eigenvalue weighted by Crippen LogP contribution is 2.35. The summed E-state index contributed by atoms with van der Waals surface area (Å²) in [7, 11) is 11.8. The van der Waals surface area contributed by atoms with Crippen molar-refractivity contribution in [2.45, 2.75) is 36.9 Å². The SMILES string of the molecule is [B]C1([B])CCC(O)(O)N1CCCc1ccc2c(c1)OCCO2. The fraction of sp³-hybridized carbons (Fsp3) is 0.600. The Labute approximate surface area is 133 Å². The van der Waals surface area contributed by atoms with Crippen molar-refractivity contribution >= 4 is 15.7 Å². The lowest BCUT2D eigenvalue weighted by Crippen LogP contribution is -2.55. The van der Waals surface area contributed by atoms with Gasteiger partial charge in [0.05, 0.1) is 15.7 Å². The molecular formula is C15H19B2NO4. The van der Waals surface area contributed by atoms with Crippen LogP contribution in [-0.2, 0) is 6.42 Å². The Balaban J connectivity index is 1.59. The summed E-state index contributed by atoms with van der Waals surface area (Å²) in [6, 6.07) is 5.85. The van der Waals surface area contributed by atoms with E-state index < -0.39 is 11.2 Å². The molecule has 1 saturated heterocycles. The zero-order valence-electron chi connectivity index (χ0n) is 12.5. The summed E-state index contributed by atoms with van der Waals surface area (Å²) in [5.74, 6) is -0.395. The summed E-state index contributed by atoms with van der Waals surface area (Å²) < 4.78 is 11.0. The van der Waals surface area contributed by atoms with Crippen LogP contribution >= 0.6 is 0 Å². The highest BCUT2D eigenvalue weighted by Gasteiger charge is 2.46. The Morgan fingerprint density at radius 1 is 1.09 bits per heavy atom. The van der Waals surface area contributed by atoms with E-state index in [0.29, 0.717) is 32.6 Å². The first-order chi connectivity index (χ1) is 10.4. The van der Waals surface area contributed by atoms with Gasteiger partial charge in [0, 0.05) is 13.0 Å². The Kier molecular flexibility index (Phi) is 4.14. The van der Waals surface area contributed by atoms with Gasteiger partial charge in [-0.25, -0.2) is 0 Å². The molecule has 0 amide bonds. The van der Waals surface area contributed by atoms with Gasteiger partial charge in [0.25, 0.3) is 0 Å². The third-order valence-electron chi connectivity index (χ3n) is 4.25. The Morgan fingerprint density at radius 2 is 1.82 bits per heavy atom. The van der Waals surface area contributed by atoms with Gasteiger partial charge in [0.15, 0.2) is 11.5 Å². The van der Waals surface area contributed by atoms with Crippen LogP contribution in [0, 0.1) is 0 Å². The summed E-state index contributed by atoms with van der Waals surface area (Å²) in [5, 5.41) is 18.7. The third kappa shape index (κ3) is 3.12. The van der Waals surface area contributed by atoms with Gasteiger partial charge in [-0.2, -0.15) is 0 Å². The second-order valence-electron chi connectivity index (χ2n) is 6.00. The number of hydrogen-bond donors (Lipinski definition) is 2. The molecule has 2 aliphatic heterocycles. The number of hydrogen-bond acceptors (Lipinski definition) is 5. The van der Waals surface area contributed by atoms with Crippen molar-refractivity contribution in [1.82, 2.24) is 4.90 Å². The standard InChI is InChI=1S/C15H19B2NO4/c16-14(17)5-6-15(19,20)18(14)7-1-2-11-3-4-12-13(10-11)22-9-8-21-12/h3-4,10,19-20H,1-2,5-9H2. The zero-order chi connectivity index (χ0) is 15.8. The molecule has 0 unspecified atom stereocenters. The first-order valence-corrected chi connectivity index (χ1v) is 7.57. The van der Waals surface area contributed by atoms with Gasteiger partial charge < -0.3 is 19.7 Å². The molecule has 0 spiro atoms. The molecule has 1 aromatic carbocycles. The van der Waals surface area contributed by atoms with Gasteiger partial charge in [0.1, 0.15) is 13.2 Å². The van der Waals surface area contributed by atoms with Crippen LogP contribution < -0.4 is 9.47 Å². The van der Waals surface area contributed by atoms with Gasteiger partial charge in [-0.1, -0.05) is 6.07 Å². The predicted molar refractivity (Wildman–Crippen MR) is 83.1 cm³/mol.